The van der Waals surface area contributed by atoms with Crippen molar-refractivity contribution in [1.29, 1.82) is 0 Å². The Morgan fingerprint density at radius 2 is 2.36 bits per heavy atom. The van der Waals surface area contributed by atoms with Gasteiger partial charge in [-0.1, -0.05) is 23.7 Å². The van der Waals surface area contributed by atoms with Crippen LogP contribution in [0.3, 0.4) is 0 Å². The maximum absolute atomic E-state index is 5.87. The third-order valence-corrected chi connectivity index (χ3v) is 2.34. The van der Waals surface area contributed by atoms with Gasteiger partial charge in [-0.25, -0.2) is 0 Å². The standard InChI is InChI=1S/C10H12ClNO.ClH/c11-9-3-1-2-8(6-9)7-10-12-4-5-13-10;/h1-3,6,10,12H,4-5,7H2;1H. The topological polar surface area (TPSA) is 21.3 Å². The van der Waals surface area contributed by atoms with Crippen molar-refractivity contribution < 1.29 is 4.74 Å². The van der Waals surface area contributed by atoms with E-state index in [4.69, 9.17) is 16.3 Å². The van der Waals surface area contributed by atoms with E-state index in [1.165, 1.54) is 5.56 Å². The Labute approximate surface area is 95.0 Å². The van der Waals surface area contributed by atoms with Crippen LogP contribution < -0.4 is 5.32 Å². The molecule has 14 heavy (non-hydrogen) atoms. The van der Waals surface area contributed by atoms with Crippen molar-refractivity contribution in [3.05, 3.63) is 34.9 Å². The van der Waals surface area contributed by atoms with Crippen LogP contribution in [0.2, 0.25) is 5.02 Å². The third-order valence-electron chi connectivity index (χ3n) is 2.10. The second kappa shape index (κ2) is 5.56. The van der Waals surface area contributed by atoms with E-state index in [9.17, 15) is 0 Å². The molecule has 2 rings (SSSR count). The van der Waals surface area contributed by atoms with Gasteiger partial charge in [-0.2, -0.15) is 0 Å². The maximum Gasteiger partial charge on any atom is 0.112 e. The largest absolute Gasteiger partial charge is 0.362 e. The molecule has 1 heterocycles. The predicted octanol–water partition coefficient (Wildman–Crippen LogP) is 2.25. The van der Waals surface area contributed by atoms with Crippen molar-refractivity contribution in [2.24, 2.45) is 0 Å². The van der Waals surface area contributed by atoms with Crippen LogP contribution in [-0.4, -0.2) is 19.4 Å². The van der Waals surface area contributed by atoms with Gasteiger partial charge in [0.05, 0.1) is 6.61 Å². The molecule has 2 nitrogen and oxygen atoms in total. The fraction of sp³-hybridized carbons (Fsp3) is 0.400. The van der Waals surface area contributed by atoms with Crippen LogP contribution in [0.4, 0.5) is 0 Å². The average molecular weight is 234 g/mol. The van der Waals surface area contributed by atoms with Gasteiger partial charge in [0.1, 0.15) is 6.23 Å². The van der Waals surface area contributed by atoms with Crippen molar-refractivity contribution in [3.8, 4) is 0 Å². The van der Waals surface area contributed by atoms with Gasteiger partial charge in [-0.15, -0.1) is 12.4 Å². The van der Waals surface area contributed by atoms with Gasteiger partial charge in [-0.3, -0.25) is 5.32 Å². The first-order chi connectivity index (χ1) is 6.34. The van der Waals surface area contributed by atoms with Gasteiger partial charge >= 0.3 is 0 Å². The molecule has 1 atom stereocenters. The van der Waals surface area contributed by atoms with Crippen molar-refractivity contribution >= 4 is 24.0 Å². The molecule has 1 N–H and O–H groups in total. The number of hydrogen-bond donors (Lipinski definition) is 1. The van der Waals surface area contributed by atoms with Gasteiger partial charge in [0.15, 0.2) is 0 Å². The van der Waals surface area contributed by atoms with Crippen molar-refractivity contribution in [2.45, 2.75) is 12.6 Å². The van der Waals surface area contributed by atoms with Crippen LogP contribution in [0, 0.1) is 0 Å². The van der Waals surface area contributed by atoms with Gasteiger partial charge in [-0.05, 0) is 17.7 Å². The lowest BCUT2D eigenvalue weighted by Crippen LogP contribution is -2.24. The molecule has 1 unspecified atom stereocenters. The first-order valence-electron chi connectivity index (χ1n) is 4.44. The van der Waals surface area contributed by atoms with E-state index in [-0.39, 0.29) is 18.6 Å². The van der Waals surface area contributed by atoms with E-state index >= 15 is 0 Å². The number of halogens is 2. The van der Waals surface area contributed by atoms with Crippen molar-refractivity contribution in [1.82, 2.24) is 5.32 Å². The molecule has 1 aromatic rings. The van der Waals surface area contributed by atoms with Crippen molar-refractivity contribution in [2.75, 3.05) is 13.2 Å². The summed E-state index contributed by atoms with van der Waals surface area (Å²) >= 11 is 5.87. The lowest BCUT2D eigenvalue weighted by Gasteiger charge is -2.09. The van der Waals surface area contributed by atoms with E-state index in [0.29, 0.717) is 0 Å². The minimum atomic E-state index is 0. The molecule has 0 radical (unpaired) electrons. The molecule has 1 aliphatic heterocycles. The van der Waals surface area contributed by atoms with Crippen LogP contribution in [-0.2, 0) is 11.2 Å². The molecule has 1 aromatic carbocycles. The van der Waals surface area contributed by atoms with E-state index in [1.807, 2.05) is 18.2 Å². The summed E-state index contributed by atoms with van der Waals surface area (Å²) in [6.45, 7) is 1.76. The SMILES string of the molecule is Cl.Clc1cccc(CC2NCCO2)c1. The van der Waals surface area contributed by atoms with Crippen LogP contribution in [0.15, 0.2) is 24.3 Å². The van der Waals surface area contributed by atoms with Gasteiger partial charge in [0.2, 0.25) is 0 Å². The second-order valence-corrected chi connectivity index (χ2v) is 3.58. The average Bonchev–Trinajstić information content (AvgIpc) is 2.57. The third kappa shape index (κ3) is 3.14. The summed E-state index contributed by atoms with van der Waals surface area (Å²) in [4.78, 5) is 0. The van der Waals surface area contributed by atoms with Crippen LogP contribution in [0.5, 0.6) is 0 Å². The van der Waals surface area contributed by atoms with Gasteiger partial charge < -0.3 is 4.74 Å². The minimum Gasteiger partial charge on any atom is -0.362 e. The Kier molecular flexibility index (Phi) is 4.69. The molecular weight excluding hydrogens is 221 g/mol. The second-order valence-electron chi connectivity index (χ2n) is 3.15. The molecule has 1 aliphatic rings. The maximum atomic E-state index is 5.87. The highest BCUT2D eigenvalue weighted by atomic mass is 35.5. The van der Waals surface area contributed by atoms with Crippen LogP contribution in [0.1, 0.15) is 5.56 Å². The normalized spacial score (nSPS) is 20.5. The molecule has 0 bridgehead atoms. The Balaban J connectivity index is 0.000000980. The Morgan fingerprint density at radius 3 is 3.00 bits per heavy atom. The highest BCUT2D eigenvalue weighted by Crippen LogP contribution is 2.13. The van der Waals surface area contributed by atoms with Gasteiger partial charge in [0, 0.05) is 18.0 Å². The van der Waals surface area contributed by atoms with Gasteiger partial charge in [0.25, 0.3) is 0 Å². The molecule has 1 fully saturated rings. The summed E-state index contributed by atoms with van der Waals surface area (Å²) in [5.41, 5.74) is 1.21. The quantitative estimate of drug-likeness (QED) is 0.847. The molecule has 0 aromatic heterocycles. The lowest BCUT2D eigenvalue weighted by atomic mass is 10.1. The first-order valence-corrected chi connectivity index (χ1v) is 4.82. The number of benzene rings is 1. The van der Waals surface area contributed by atoms with Crippen molar-refractivity contribution in [3.63, 3.8) is 0 Å². The smallest absolute Gasteiger partial charge is 0.112 e. The zero-order valence-corrected chi connectivity index (χ0v) is 9.27. The summed E-state index contributed by atoms with van der Waals surface area (Å²) in [6, 6.07) is 7.89. The summed E-state index contributed by atoms with van der Waals surface area (Å²) in [5, 5.41) is 4.05. The molecule has 0 spiro atoms. The molecule has 78 valence electrons. The molecule has 0 saturated carbocycles. The zero-order valence-electron chi connectivity index (χ0n) is 7.70. The summed E-state index contributed by atoms with van der Waals surface area (Å²) in [5.74, 6) is 0. The Hall–Kier alpha value is -0.280. The molecule has 4 heteroatoms. The summed E-state index contributed by atoms with van der Waals surface area (Å²) < 4.78 is 5.44. The van der Waals surface area contributed by atoms with Crippen LogP contribution >= 0.6 is 24.0 Å². The lowest BCUT2D eigenvalue weighted by molar-refractivity contribution is 0.102. The van der Waals surface area contributed by atoms with E-state index in [0.717, 1.165) is 24.6 Å². The molecule has 1 saturated heterocycles. The highest BCUT2D eigenvalue weighted by molar-refractivity contribution is 6.30. The zero-order chi connectivity index (χ0) is 9.10. The molecule has 0 aliphatic carbocycles. The Morgan fingerprint density at radius 1 is 1.50 bits per heavy atom. The Bertz CT molecular complexity index is 287. The fourth-order valence-electron chi connectivity index (χ4n) is 1.49. The molecular formula is C10H13Cl2NO. The fourth-order valence-corrected chi connectivity index (χ4v) is 1.70. The number of nitrogens with one attached hydrogen (secondary N) is 1. The minimum absolute atomic E-state index is 0. The number of ether oxygens (including phenoxy) is 1. The number of rotatable bonds is 2. The summed E-state index contributed by atoms with van der Waals surface area (Å²) in [7, 11) is 0. The highest BCUT2D eigenvalue weighted by Gasteiger charge is 2.14. The predicted molar refractivity (Wildman–Crippen MR) is 60.1 cm³/mol. The van der Waals surface area contributed by atoms with E-state index < -0.39 is 0 Å². The summed E-state index contributed by atoms with van der Waals surface area (Å²) in [6.07, 6.45) is 1.05. The first kappa shape index (κ1) is 11.8. The van der Waals surface area contributed by atoms with Crippen LogP contribution in [0.25, 0.3) is 0 Å². The van der Waals surface area contributed by atoms with E-state index in [1.54, 1.807) is 0 Å². The number of hydrogen-bond acceptors (Lipinski definition) is 2. The molecule has 0 amide bonds. The van der Waals surface area contributed by atoms with E-state index in [2.05, 4.69) is 11.4 Å². The monoisotopic (exact) mass is 233 g/mol.